The average Bonchev–Trinajstić information content (AvgIpc) is 2.03. The van der Waals surface area contributed by atoms with E-state index in [9.17, 15) is 0 Å². The molecule has 1 rings (SSSR count). The zero-order chi connectivity index (χ0) is 7.23. The van der Waals surface area contributed by atoms with Crippen molar-refractivity contribution in [1.82, 2.24) is 0 Å². The molecule has 1 radical (unpaired) electrons. The molecule has 10 heavy (non-hydrogen) atoms. The third-order valence-electron chi connectivity index (χ3n) is 1.28. The zero-order valence-corrected chi connectivity index (χ0v) is 8.42. The molecule has 0 aliphatic rings. The van der Waals surface area contributed by atoms with Crippen LogP contribution in [0.1, 0.15) is 0 Å². The molecule has 2 heteroatoms. The lowest BCUT2D eigenvalue weighted by Crippen LogP contribution is -1.96. The molecule has 1 aromatic carbocycles. The van der Waals surface area contributed by atoms with Gasteiger partial charge in [-0.05, 0) is 11.1 Å². The van der Waals surface area contributed by atoms with Crippen LogP contribution in [0.2, 0.25) is 0 Å². The Bertz CT molecular complexity index is 174. The third-order valence-corrected chi connectivity index (χ3v) is 4.44. The van der Waals surface area contributed by atoms with Gasteiger partial charge in [0.1, 0.15) is 0 Å². The monoisotopic (exact) mass is 167 g/mol. The van der Waals surface area contributed by atoms with Crippen LogP contribution in [0.25, 0.3) is 0 Å². The first-order valence-electron chi connectivity index (χ1n) is 3.51. The van der Waals surface area contributed by atoms with Crippen molar-refractivity contribution in [2.24, 2.45) is 0 Å². The standard InChI is InChI=1S/C8H12PSi/c1-10-7-9-8-5-3-2-4-6-8/h2-6,9H,1,7,10H2. The third kappa shape index (κ3) is 2.63. The molecule has 0 spiro atoms. The Morgan fingerprint density at radius 3 is 2.60 bits per heavy atom. The summed E-state index contributed by atoms with van der Waals surface area (Å²) in [5.74, 6) is 1.37. The van der Waals surface area contributed by atoms with Crippen molar-refractivity contribution in [1.29, 1.82) is 0 Å². The maximum atomic E-state index is 3.95. The van der Waals surface area contributed by atoms with Crippen LogP contribution in [0, 0.1) is 6.55 Å². The van der Waals surface area contributed by atoms with Gasteiger partial charge in [-0.2, -0.15) is 0 Å². The fourth-order valence-corrected chi connectivity index (χ4v) is 3.08. The van der Waals surface area contributed by atoms with E-state index in [0.717, 1.165) is 8.58 Å². The lowest BCUT2D eigenvalue weighted by Gasteiger charge is -1.96. The molecule has 53 valence electrons. The van der Waals surface area contributed by atoms with E-state index in [1.165, 1.54) is 11.1 Å². The fraction of sp³-hybridized carbons (Fsp3) is 0.125. The first-order chi connectivity index (χ1) is 4.93. The summed E-state index contributed by atoms with van der Waals surface area (Å²) in [6, 6.07) is 10.7. The molecule has 0 heterocycles. The van der Waals surface area contributed by atoms with Crippen LogP contribution in [0.15, 0.2) is 30.3 Å². The summed E-state index contributed by atoms with van der Waals surface area (Å²) in [5, 5.41) is 1.48. The lowest BCUT2D eigenvalue weighted by molar-refractivity contribution is 1.77. The largest absolute Gasteiger partial charge is 0.0937 e. The topological polar surface area (TPSA) is 0 Å². The normalized spacial score (nSPS) is 12.1. The molecular weight excluding hydrogens is 155 g/mol. The second-order valence-corrected chi connectivity index (χ2v) is 5.78. The minimum Gasteiger partial charge on any atom is -0.0937 e. The molecule has 0 nitrogen and oxygen atoms in total. The number of rotatable bonds is 3. The first kappa shape index (κ1) is 7.97. The second kappa shape index (κ2) is 4.65. The summed E-state index contributed by atoms with van der Waals surface area (Å²) in [4.78, 5) is 0. The van der Waals surface area contributed by atoms with Gasteiger partial charge < -0.3 is 0 Å². The van der Waals surface area contributed by atoms with Crippen LogP contribution in [0.3, 0.4) is 0 Å². The SMILES string of the molecule is [CH2][SiH2]CPc1ccccc1. The smallest absolute Gasteiger partial charge is 0.0244 e. The van der Waals surface area contributed by atoms with Gasteiger partial charge in [0.2, 0.25) is 0 Å². The molecule has 0 aliphatic carbocycles. The first-order valence-corrected chi connectivity index (χ1v) is 6.72. The van der Waals surface area contributed by atoms with Gasteiger partial charge in [-0.25, -0.2) is 0 Å². The van der Waals surface area contributed by atoms with Crippen molar-refractivity contribution < 1.29 is 0 Å². The van der Waals surface area contributed by atoms with Gasteiger partial charge in [0, 0.05) is 9.52 Å². The molecule has 0 bridgehead atoms. The van der Waals surface area contributed by atoms with E-state index in [2.05, 4.69) is 36.9 Å². The lowest BCUT2D eigenvalue weighted by atomic mass is 10.4. The van der Waals surface area contributed by atoms with E-state index in [-0.39, 0.29) is 9.52 Å². The Balaban J connectivity index is 2.43. The Labute approximate surface area is 66.7 Å². The van der Waals surface area contributed by atoms with Crippen LogP contribution in [-0.4, -0.2) is 15.3 Å². The molecule has 1 unspecified atom stereocenters. The highest BCUT2D eigenvalue weighted by Crippen LogP contribution is 2.06. The van der Waals surface area contributed by atoms with Crippen LogP contribution < -0.4 is 5.30 Å². The molecule has 0 saturated heterocycles. The Morgan fingerprint density at radius 1 is 1.30 bits per heavy atom. The van der Waals surface area contributed by atoms with Crippen LogP contribution in [0.5, 0.6) is 0 Å². The highest BCUT2D eigenvalue weighted by molar-refractivity contribution is 7.49. The predicted octanol–water partition coefficient (Wildman–Crippen LogP) is 0.908. The molecule has 0 amide bonds. The minimum atomic E-state index is 0.0325. The van der Waals surface area contributed by atoms with Gasteiger partial charge in [0.15, 0.2) is 0 Å². The van der Waals surface area contributed by atoms with Crippen LogP contribution in [-0.2, 0) is 0 Å². The minimum absolute atomic E-state index is 0.0325. The maximum absolute atomic E-state index is 3.95. The summed E-state index contributed by atoms with van der Waals surface area (Å²) >= 11 is 0. The Hall–Kier alpha value is -0.133. The van der Waals surface area contributed by atoms with Crippen molar-refractivity contribution in [3.63, 3.8) is 0 Å². The maximum Gasteiger partial charge on any atom is 0.0244 e. The number of benzene rings is 1. The van der Waals surface area contributed by atoms with E-state index in [1.54, 1.807) is 0 Å². The Kier molecular flexibility index (Phi) is 3.70. The van der Waals surface area contributed by atoms with E-state index in [4.69, 9.17) is 0 Å². The van der Waals surface area contributed by atoms with Crippen LogP contribution in [0.4, 0.5) is 0 Å². The second-order valence-electron chi connectivity index (χ2n) is 2.15. The molecule has 0 saturated carbocycles. The molecule has 1 aromatic rings. The van der Waals surface area contributed by atoms with Crippen molar-refractivity contribution >= 4 is 23.4 Å². The van der Waals surface area contributed by atoms with Gasteiger partial charge in [-0.3, -0.25) is 0 Å². The summed E-state index contributed by atoms with van der Waals surface area (Å²) in [6.45, 7) is 3.95. The number of hydrogen-bond donors (Lipinski definition) is 0. The molecule has 0 fully saturated rings. The van der Waals surface area contributed by atoms with E-state index in [0.29, 0.717) is 0 Å². The van der Waals surface area contributed by atoms with Crippen molar-refractivity contribution in [2.75, 3.05) is 5.79 Å². The van der Waals surface area contributed by atoms with Gasteiger partial charge in [0.05, 0.1) is 0 Å². The molecule has 1 atom stereocenters. The molecule has 0 aromatic heterocycles. The highest BCUT2D eigenvalue weighted by atomic mass is 31.1. The fourth-order valence-electron chi connectivity index (χ4n) is 0.789. The van der Waals surface area contributed by atoms with Crippen molar-refractivity contribution in [3.05, 3.63) is 36.9 Å². The summed E-state index contributed by atoms with van der Waals surface area (Å²) < 4.78 is 0. The average molecular weight is 167 g/mol. The Morgan fingerprint density at radius 2 is 2.00 bits per heavy atom. The van der Waals surface area contributed by atoms with Crippen molar-refractivity contribution in [3.8, 4) is 0 Å². The van der Waals surface area contributed by atoms with Gasteiger partial charge in [-0.1, -0.05) is 45.5 Å². The zero-order valence-electron chi connectivity index (χ0n) is 6.01. The highest BCUT2D eigenvalue weighted by Gasteiger charge is 1.87. The van der Waals surface area contributed by atoms with Gasteiger partial charge >= 0.3 is 0 Å². The molecule has 0 N–H and O–H groups in total. The van der Waals surface area contributed by atoms with Crippen LogP contribution >= 0.6 is 8.58 Å². The molecule has 0 aliphatic heterocycles. The van der Waals surface area contributed by atoms with Gasteiger partial charge in [0.25, 0.3) is 0 Å². The van der Waals surface area contributed by atoms with E-state index < -0.39 is 0 Å². The van der Waals surface area contributed by atoms with Gasteiger partial charge in [-0.15, -0.1) is 0 Å². The number of hydrogen-bond acceptors (Lipinski definition) is 0. The summed E-state index contributed by atoms with van der Waals surface area (Å²) in [5.41, 5.74) is 0. The summed E-state index contributed by atoms with van der Waals surface area (Å²) in [7, 11) is 1.04. The molecular formula is C8H12PSi. The quantitative estimate of drug-likeness (QED) is 0.463. The van der Waals surface area contributed by atoms with Crippen molar-refractivity contribution in [2.45, 2.75) is 0 Å². The van der Waals surface area contributed by atoms with E-state index in [1.807, 2.05) is 0 Å². The van der Waals surface area contributed by atoms with E-state index >= 15 is 0 Å². The summed E-state index contributed by atoms with van der Waals surface area (Å²) in [6.07, 6.45) is 0. The predicted molar refractivity (Wildman–Crippen MR) is 53.2 cm³/mol.